The SMILES string of the molecule is COc1ccc(CCNC(=O)Cc2csc(NC(=O)N3CCN(C(C)=O)CC3)n2)cc1. The third kappa shape index (κ3) is 6.68. The van der Waals surface area contributed by atoms with Gasteiger partial charge in [0.2, 0.25) is 11.8 Å². The minimum atomic E-state index is -0.243. The number of aromatic nitrogens is 1. The van der Waals surface area contributed by atoms with Crippen molar-refractivity contribution in [1.29, 1.82) is 0 Å². The van der Waals surface area contributed by atoms with Gasteiger partial charge in [-0.15, -0.1) is 11.3 Å². The summed E-state index contributed by atoms with van der Waals surface area (Å²) in [4.78, 5) is 43.7. The third-order valence-corrected chi connectivity index (χ3v) is 5.82. The Morgan fingerprint density at radius 1 is 1.10 bits per heavy atom. The van der Waals surface area contributed by atoms with Gasteiger partial charge in [-0.3, -0.25) is 14.9 Å². The number of hydrogen-bond donors (Lipinski definition) is 2. The van der Waals surface area contributed by atoms with Gasteiger partial charge >= 0.3 is 6.03 Å². The number of rotatable bonds is 7. The molecule has 1 saturated heterocycles. The highest BCUT2D eigenvalue weighted by atomic mass is 32.1. The van der Waals surface area contributed by atoms with Crippen molar-refractivity contribution in [3.8, 4) is 5.75 Å². The van der Waals surface area contributed by atoms with Crippen LogP contribution in [0.1, 0.15) is 18.2 Å². The van der Waals surface area contributed by atoms with Crippen molar-refractivity contribution >= 4 is 34.3 Å². The van der Waals surface area contributed by atoms with Crippen LogP contribution >= 0.6 is 11.3 Å². The van der Waals surface area contributed by atoms with Gasteiger partial charge in [0.15, 0.2) is 5.13 Å². The molecule has 4 amide bonds. The Hall–Kier alpha value is -3.14. The minimum Gasteiger partial charge on any atom is -0.497 e. The number of nitrogens with zero attached hydrogens (tertiary/aromatic N) is 3. The van der Waals surface area contributed by atoms with Crippen molar-refractivity contribution in [2.45, 2.75) is 19.8 Å². The van der Waals surface area contributed by atoms with Crippen molar-refractivity contribution in [2.75, 3.05) is 45.2 Å². The highest BCUT2D eigenvalue weighted by molar-refractivity contribution is 7.13. The molecular formula is C21H27N5O4S. The second-order valence-electron chi connectivity index (χ2n) is 7.19. The van der Waals surface area contributed by atoms with Crippen molar-refractivity contribution in [3.05, 3.63) is 40.9 Å². The number of benzene rings is 1. The van der Waals surface area contributed by atoms with Crippen LogP contribution in [0, 0.1) is 0 Å². The van der Waals surface area contributed by atoms with E-state index in [0.29, 0.717) is 43.5 Å². The van der Waals surface area contributed by atoms with Crippen LogP contribution in [-0.2, 0) is 22.4 Å². The smallest absolute Gasteiger partial charge is 0.323 e. The maximum Gasteiger partial charge on any atom is 0.323 e. The van der Waals surface area contributed by atoms with E-state index < -0.39 is 0 Å². The second-order valence-corrected chi connectivity index (χ2v) is 8.05. The summed E-state index contributed by atoms with van der Waals surface area (Å²) in [5.41, 5.74) is 1.73. The van der Waals surface area contributed by atoms with Gasteiger partial charge in [-0.05, 0) is 24.1 Å². The number of carbonyl (C=O) groups is 3. The molecule has 0 atom stereocenters. The lowest BCUT2D eigenvalue weighted by molar-refractivity contribution is -0.130. The number of ether oxygens (including phenoxy) is 1. The van der Waals surface area contributed by atoms with Gasteiger partial charge < -0.3 is 19.9 Å². The molecule has 10 heteroatoms. The average molecular weight is 446 g/mol. The largest absolute Gasteiger partial charge is 0.497 e. The highest BCUT2D eigenvalue weighted by Crippen LogP contribution is 2.17. The van der Waals surface area contributed by atoms with E-state index in [1.807, 2.05) is 24.3 Å². The van der Waals surface area contributed by atoms with Crippen molar-refractivity contribution in [3.63, 3.8) is 0 Å². The summed E-state index contributed by atoms with van der Waals surface area (Å²) < 4.78 is 5.13. The molecule has 1 aromatic carbocycles. The maximum absolute atomic E-state index is 12.4. The number of methoxy groups -OCH3 is 1. The number of urea groups is 1. The summed E-state index contributed by atoms with van der Waals surface area (Å²) in [5, 5.41) is 7.89. The van der Waals surface area contributed by atoms with E-state index in [9.17, 15) is 14.4 Å². The fourth-order valence-corrected chi connectivity index (χ4v) is 3.91. The fourth-order valence-electron chi connectivity index (χ4n) is 3.21. The van der Waals surface area contributed by atoms with E-state index >= 15 is 0 Å². The fraction of sp³-hybridized carbons (Fsp3) is 0.429. The first-order chi connectivity index (χ1) is 14.9. The van der Waals surface area contributed by atoms with Crippen LogP contribution in [-0.4, -0.2) is 72.5 Å². The van der Waals surface area contributed by atoms with Crippen LogP contribution in [0.4, 0.5) is 9.93 Å². The highest BCUT2D eigenvalue weighted by Gasteiger charge is 2.23. The number of nitrogens with one attached hydrogen (secondary N) is 2. The number of piperazine rings is 1. The number of amides is 4. The molecule has 1 aliphatic heterocycles. The van der Waals surface area contributed by atoms with E-state index in [2.05, 4.69) is 15.6 Å². The predicted molar refractivity (Wildman–Crippen MR) is 118 cm³/mol. The van der Waals surface area contributed by atoms with E-state index in [4.69, 9.17) is 4.74 Å². The monoisotopic (exact) mass is 445 g/mol. The van der Waals surface area contributed by atoms with Gasteiger partial charge in [-0.1, -0.05) is 12.1 Å². The quantitative estimate of drug-likeness (QED) is 0.676. The standard InChI is InChI=1S/C21H27N5O4S/c1-15(27)25-9-11-26(12-10-25)21(29)24-20-23-17(14-31-20)13-19(28)22-8-7-16-3-5-18(30-2)6-4-16/h3-6,14H,7-13H2,1-2H3,(H,22,28)(H,23,24,29). The summed E-state index contributed by atoms with van der Waals surface area (Å²) in [6, 6.07) is 7.49. The van der Waals surface area contributed by atoms with E-state index in [1.165, 1.54) is 18.3 Å². The second kappa shape index (κ2) is 10.8. The molecule has 3 rings (SSSR count). The number of thiazole rings is 1. The van der Waals surface area contributed by atoms with Crippen LogP contribution in [0.3, 0.4) is 0 Å². The molecule has 0 unspecified atom stereocenters. The molecule has 2 N–H and O–H groups in total. The van der Waals surface area contributed by atoms with Crippen molar-refractivity contribution in [1.82, 2.24) is 20.1 Å². The zero-order valence-electron chi connectivity index (χ0n) is 17.7. The van der Waals surface area contributed by atoms with Crippen LogP contribution in [0.5, 0.6) is 5.75 Å². The Morgan fingerprint density at radius 3 is 2.42 bits per heavy atom. The van der Waals surface area contributed by atoms with Gasteiger partial charge in [0.25, 0.3) is 0 Å². The Labute approximate surface area is 185 Å². The molecule has 0 aliphatic carbocycles. The van der Waals surface area contributed by atoms with Crippen LogP contribution in [0.15, 0.2) is 29.6 Å². The zero-order chi connectivity index (χ0) is 22.2. The van der Waals surface area contributed by atoms with E-state index in [1.54, 1.807) is 22.3 Å². The molecule has 2 heterocycles. The first-order valence-corrected chi connectivity index (χ1v) is 11.0. The lowest BCUT2D eigenvalue weighted by atomic mass is 10.1. The summed E-state index contributed by atoms with van der Waals surface area (Å²) in [7, 11) is 1.63. The first-order valence-electron chi connectivity index (χ1n) is 10.1. The first kappa shape index (κ1) is 22.5. The van der Waals surface area contributed by atoms with Crippen LogP contribution in [0.2, 0.25) is 0 Å². The van der Waals surface area contributed by atoms with Gasteiger partial charge in [-0.25, -0.2) is 9.78 Å². The van der Waals surface area contributed by atoms with Gasteiger partial charge in [0.1, 0.15) is 5.75 Å². The zero-order valence-corrected chi connectivity index (χ0v) is 18.5. The molecule has 1 aromatic heterocycles. The lowest BCUT2D eigenvalue weighted by Gasteiger charge is -2.33. The third-order valence-electron chi connectivity index (χ3n) is 5.01. The Morgan fingerprint density at radius 2 is 1.77 bits per heavy atom. The molecule has 0 bridgehead atoms. The summed E-state index contributed by atoms with van der Waals surface area (Å²) >= 11 is 1.29. The van der Waals surface area contributed by atoms with E-state index in [0.717, 1.165) is 17.7 Å². The molecular weight excluding hydrogens is 418 g/mol. The Balaban J connectivity index is 1.39. The van der Waals surface area contributed by atoms with Crippen molar-refractivity contribution in [2.24, 2.45) is 0 Å². The molecule has 1 fully saturated rings. The van der Waals surface area contributed by atoms with Crippen LogP contribution in [0.25, 0.3) is 0 Å². The number of hydrogen-bond acceptors (Lipinski definition) is 6. The Bertz CT molecular complexity index is 907. The van der Waals surface area contributed by atoms with Gasteiger partial charge in [-0.2, -0.15) is 0 Å². The predicted octanol–water partition coefficient (Wildman–Crippen LogP) is 1.75. The van der Waals surface area contributed by atoms with Crippen molar-refractivity contribution < 1.29 is 19.1 Å². The number of anilines is 1. The maximum atomic E-state index is 12.4. The number of carbonyl (C=O) groups excluding carboxylic acids is 3. The van der Waals surface area contributed by atoms with Gasteiger partial charge in [0, 0.05) is 45.0 Å². The molecule has 166 valence electrons. The molecule has 2 aromatic rings. The lowest BCUT2D eigenvalue weighted by Crippen LogP contribution is -2.51. The minimum absolute atomic E-state index is 0.0203. The normalized spacial score (nSPS) is 13.6. The summed E-state index contributed by atoms with van der Waals surface area (Å²) in [6.07, 6.45) is 0.886. The summed E-state index contributed by atoms with van der Waals surface area (Å²) in [6.45, 7) is 4.10. The van der Waals surface area contributed by atoms with E-state index in [-0.39, 0.29) is 24.3 Å². The molecule has 0 saturated carbocycles. The van der Waals surface area contributed by atoms with Gasteiger partial charge in [0.05, 0.1) is 19.2 Å². The Kier molecular flexibility index (Phi) is 7.82. The molecule has 9 nitrogen and oxygen atoms in total. The average Bonchev–Trinajstić information content (AvgIpc) is 3.20. The topological polar surface area (TPSA) is 104 Å². The molecule has 0 radical (unpaired) electrons. The molecule has 31 heavy (non-hydrogen) atoms. The van der Waals surface area contributed by atoms with Crippen LogP contribution < -0.4 is 15.4 Å². The molecule has 0 spiro atoms. The summed E-state index contributed by atoms with van der Waals surface area (Å²) in [5.74, 6) is 0.710. The molecule has 1 aliphatic rings.